The molecule has 2 heterocycles. The van der Waals surface area contributed by atoms with Gasteiger partial charge >= 0.3 is 10.2 Å². The van der Waals surface area contributed by atoms with Crippen molar-refractivity contribution in [1.29, 1.82) is 0 Å². The Morgan fingerprint density at radius 2 is 1.67 bits per heavy atom. The van der Waals surface area contributed by atoms with Crippen LogP contribution in [-0.2, 0) is 10.0 Å². The van der Waals surface area contributed by atoms with Crippen LogP contribution < -0.4 is 5.32 Å². The molecule has 4 nitrogen and oxygen atoms in total. The van der Waals surface area contributed by atoms with E-state index in [2.05, 4.69) is 5.32 Å². The summed E-state index contributed by atoms with van der Waals surface area (Å²) in [4.78, 5) is -2.50. The molecule has 24 heavy (non-hydrogen) atoms. The number of nitrogens with zero attached hydrogens (tertiary/aromatic N) is 1. The minimum atomic E-state index is -9.80. The highest BCUT2D eigenvalue weighted by atomic mass is 32.5. The van der Waals surface area contributed by atoms with E-state index in [9.17, 15) is 27.8 Å². The summed E-state index contributed by atoms with van der Waals surface area (Å²) in [6, 6.07) is 1.47. The zero-order valence-electron chi connectivity index (χ0n) is 12.5. The topological polar surface area (TPSA) is 49.4 Å². The smallest absolute Gasteiger partial charge is 0.310 e. The molecule has 2 saturated heterocycles. The highest BCUT2D eigenvalue weighted by Crippen LogP contribution is 3.02. The van der Waals surface area contributed by atoms with E-state index in [4.69, 9.17) is 0 Å². The number of sulfonamides is 1. The van der Waals surface area contributed by atoms with E-state index in [0.29, 0.717) is 25.1 Å². The van der Waals surface area contributed by atoms with Gasteiger partial charge in [0, 0.05) is 19.6 Å². The van der Waals surface area contributed by atoms with E-state index in [-0.39, 0.29) is 30.6 Å². The fraction of sp³-hybridized carbons (Fsp3) is 0.538. The molecule has 2 aliphatic rings. The van der Waals surface area contributed by atoms with Crippen LogP contribution in [0.5, 0.6) is 0 Å². The van der Waals surface area contributed by atoms with Crippen LogP contribution in [-0.4, -0.2) is 38.9 Å². The fourth-order valence-corrected chi connectivity index (χ4v) is 5.47. The van der Waals surface area contributed by atoms with Crippen molar-refractivity contribution in [3.63, 3.8) is 0 Å². The van der Waals surface area contributed by atoms with Gasteiger partial charge in [0.15, 0.2) is 0 Å². The van der Waals surface area contributed by atoms with Crippen molar-refractivity contribution in [3.05, 3.63) is 24.3 Å². The highest BCUT2D eigenvalue weighted by Gasteiger charge is 2.65. The molecule has 0 radical (unpaired) electrons. The zero-order valence-corrected chi connectivity index (χ0v) is 14.2. The van der Waals surface area contributed by atoms with Crippen molar-refractivity contribution in [3.8, 4) is 0 Å². The summed E-state index contributed by atoms with van der Waals surface area (Å²) < 4.78 is 89.9. The molecule has 1 N–H and O–H groups in total. The van der Waals surface area contributed by atoms with E-state index in [1.165, 1.54) is 4.31 Å². The Kier molecular flexibility index (Phi) is 3.45. The Labute approximate surface area is 136 Å². The largest absolute Gasteiger partial charge is 0.316 e. The maximum absolute atomic E-state index is 12.7. The van der Waals surface area contributed by atoms with Gasteiger partial charge in [0.05, 0.1) is 4.90 Å². The van der Waals surface area contributed by atoms with Gasteiger partial charge in [-0.25, -0.2) is 8.42 Å². The molecule has 138 valence electrons. The van der Waals surface area contributed by atoms with Gasteiger partial charge in [-0.15, -0.1) is 0 Å². The zero-order chi connectivity index (χ0) is 17.9. The predicted molar refractivity (Wildman–Crippen MR) is 81.1 cm³/mol. The van der Waals surface area contributed by atoms with Crippen molar-refractivity contribution in [2.45, 2.75) is 22.6 Å². The van der Waals surface area contributed by atoms with Gasteiger partial charge in [-0.1, -0.05) is 19.4 Å². The van der Waals surface area contributed by atoms with Gasteiger partial charge in [-0.3, -0.25) is 0 Å². The SMILES string of the molecule is O=S(=O)(c1ccc(S(F)(F)(F)(F)F)cc1)N1CCC2(CCNC2)C1. The van der Waals surface area contributed by atoms with Crippen LogP contribution in [0.1, 0.15) is 12.8 Å². The molecule has 2 aliphatic heterocycles. The summed E-state index contributed by atoms with van der Waals surface area (Å²) in [5, 5.41) is 3.17. The third-order valence-corrected chi connectivity index (χ3v) is 7.66. The second-order valence-corrected chi connectivity index (χ2v) is 10.8. The first kappa shape index (κ1) is 17.9. The Hall–Kier alpha value is -0.910. The lowest BCUT2D eigenvalue weighted by Crippen LogP contribution is -2.33. The number of benzene rings is 1. The van der Waals surface area contributed by atoms with Gasteiger partial charge in [-0.2, -0.15) is 4.31 Å². The first-order chi connectivity index (χ1) is 10.7. The van der Waals surface area contributed by atoms with Crippen molar-refractivity contribution in [1.82, 2.24) is 9.62 Å². The number of nitrogens with one attached hydrogen (secondary N) is 1. The molecule has 1 aromatic carbocycles. The Morgan fingerprint density at radius 3 is 2.17 bits per heavy atom. The maximum Gasteiger partial charge on any atom is 0.310 e. The van der Waals surface area contributed by atoms with E-state index < -0.39 is 30.0 Å². The Bertz CT molecular complexity index is 756. The highest BCUT2D eigenvalue weighted by molar-refractivity contribution is 8.45. The fourth-order valence-electron chi connectivity index (χ4n) is 3.26. The van der Waals surface area contributed by atoms with Crippen LogP contribution in [0, 0.1) is 5.41 Å². The minimum absolute atomic E-state index is 0.136. The minimum Gasteiger partial charge on any atom is -0.316 e. The normalized spacial score (nSPS) is 28.9. The van der Waals surface area contributed by atoms with Gasteiger partial charge in [0.2, 0.25) is 10.0 Å². The molecule has 1 aromatic rings. The molecule has 0 amide bonds. The van der Waals surface area contributed by atoms with Crippen LogP contribution in [0.15, 0.2) is 34.1 Å². The Morgan fingerprint density at radius 1 is 1.04 bits per heavy atom. The summed E-state index contributed by atoms with van der Waals surface area (Å²) in [7, 11) is -13.8. The lowest BCUT2D eigenvalue weighted by molar-refractivity contribution is 0.338. The van der Waals surface area contributed by atoms with Crippen LogP contribution in [0.25, 0.3) is 0 Å². The van der Waals surface area contributed by atoms with Gasteiger partial charge in [0.1, 0.15) is 4.90 Å². The van der Waals surface area contributed by atoms with E-state index in [0.717, 1.165) is 13.0 Å². The van der Waals surface area contributed by atoms with Crippen LogP contribution >= 0.6 is 10.2 Å². The van der Waals surface area contributed by atoms with E-state index in [1.54, 1.807) is 0 Å². The molecule has 0 saturated carbocycles. The van der Waals surface area contributed by atoms with Crippen molar-refractivity contribution < 1.29 is 27.8 Å². The van der Waals surface area contributed by atoms with Gasteiger partial charge in [0.25, 0.3) is 0 Å². The molecule has 1 atom stereocenters. The van der Waals surface area contributed by atoms with Crippen LogP contribution in [0.4, 0.5) is 19.4 Å². The summed E-state index contributed by atoms with van der Waals surface area (Å²) >= 11 is 0. The average Bonchev–Trinajstić information content (AvgIpc) is 3.08. The predicted octanol–water partition coefficient (Wildman–Crippen LogP) is 3.72. The lowest BCUT2D eigenvalue weighted by atomic mass is 9.87. The van der Waals surface area contributed by atoms with Crippen LogP contribution in [0.2, 0.25) is 0 Å². The molecule has 1 unspecified atom stereocenters. The molecule has 0 aromatic heterocycles. The molecule has 0 bridgehead atoms. The summed E-state index contributed by atoms with van der Waals surface area (Å²) in [6.07, 6.45) is 1.50. The summed E-state index contributed by atoms with van der Waals surface area (Å²) in [6.45, 7) is 2.05. The standard InChI is InChI=1S/C13H17F5N2O2S2/c14-24(15,16,17,18)12-3-1-11(2-4-12)23(21,22)20-8-6-13(10-20)5-7-19-9-13/h1-4,19H,5-10H2. The third kappa shape index (κ3) is 3.26. The second-order valence-electron chi connectivity index (χ2n) is 6.46. The average molecular weight is 392 g/mol. The van der Waals surface area contributed by atoms with Crippen molar-refractivity contribution in [2.75, 3.05) is 26.2 Å². The quantitative estimate of drug-likeness (QED) is 0.798. The summed E-state index contributed by atoms with van der Waals surface area (Å²) in [5.74, 6) is 0. The first-order valence-corrected chi connectivity index (χ1v) is 10.7. The number of rotatable bonds is 3. The Balaban J connectivity index is 1.87. The maximum atomic E-state index is 12.7. The molecule has 0 aliphatic carbocycles. The molecule has 1 spiro atoms. The summed E-state index contributed by atoms with van der Waals surface area (Å²) in [5.41, 5.74) is -0.142. The van der Waals surface area contributed by atoms with Gasteiger partial charge in [-0.05, 0) is 49.1 Å². The molecule has 2 fully saturated rings. The van der Waals surface area contributed by atoms with Crippen molar-refractivity contribution >= 4 is 20.2 Å². The van der Waals surface area contributed by atoms with Crippen molar-refractivity contribution in [2.24, 2.45) is 5.41 Å². The monoisotopic (exact) mass is 392 g/mol. The third-order valence-electron chi connectivity index (χ3n) is 4.64. The number of hydrogen-bond donors (Lipinski definition) is 1. The molecule has 3 rings (SSSR count). The number of halogens is 5. The van der Waals surface area contributed by atoms with Crippen LogP contribution in [0.3, 0.4) is 0 Å². The molecule has 11 heteroatoms. The van der Waals surface area contributed by atoms with E-state index >= 15 is 0 Å². The molecular formula is C13H17F5N2O2S2. The lowest BCUT2D eigenvalue weighted by Gasteiger charge is -2.40. The first-order valence-electron chi connectivity index (χ1n) is 7.27. The van der Waals surface area contributed by atoms with E-state index in [1.807, 2.05) is 0 Å². The van der Waals surface area contributed by atoms with Gasteiger partial charge < -0.3 is 5.32 Å². The number of hydrogen-bond acceptors (Lipinski definition) is 3. The second kappa shape index (κ2) is 4.63. The molecular weight excluding hydrogens is 375 g/mol.